The maximum atomic E-state index is 13.3. The first-order chi connectivity index (χ1) is 13.5. The van der Waals surface area contributed by atoms with Gasteiger partial charge in [-0.05, 0) is 44.0 Å². The lowest BCUT2D eigenvalue weighted by Crippen LogP contribution is -2.09. The summed E-state index contributed by atoms with van der Waals surface area (Å²) in [5.74, 6) is 0.351. The highest BCUT2D eigenvalue weighted by molar-refractivity contribution is 8.00. The lowest BCUT2D eigenvalue weighted by Gasteiger charge is -2.19. The van der Waals surface area contributed by atoms with Crippen LogP contribution in [-0.4, -0.2) is 18.7 Å². The van der Waals surface area contributed by atoms with E-state index in [-0.39, 0.29) is 9.92 Å². The van der Waals surface area contributed by atoms with Gasteiger partial charge in [0.05, 0.1) is 4.90 Å². The van der Waals surface area contributed by atoms with E-state index in [4.69, 9.17) is 4.42 Å². The van der Waals surface area contributed by atoms with Crippen molar-refractivity contribution < 1.29 is 12.8 Å². The summed E-state index contributed by atoms with van der Waals surface area (Å²) in [6, 6.07) is 16.3. The van der Waals surface area contributed by atoms with E-state index >= 15 is 0 Å². The molecule has 1 fully saturated rings. The molecule has 0 unspecified atom stereocenters. The van der Waals surface area contributed by atoms with Crippen molar-refractivity contribution in [2.75, 3.05) is 0 Å². The maximum Gasteiger partial charge on any atom is 0.228 e. The van der Waals surface area contributed by atoms with Gasteiger partial charge in [0.15, 0.2) is 0 Å². The average molecular weight is 414 g/mol. The molecule has 3 aromatic rings. The molecule has 0 radical (unpaired) electrons. The van der Waals surface area contributed by atoms with E-state index in [0.29, 0.717) is 16.2 Å². The van der Waals surface area contributed by atoms with Gasteiger partial charge >= 0.3 is 0 Å². The Labute approximate surface area is 170 Å². The Kier molecular flexibility index (Phi) is 5.60. The van der Waals surface area contributed by atoms with Gasteiger partial charge in [-0.3, -0.25) is 0 Å². The molecule has 1 aliphatic rings. The quantitative estimate of drug-likeness (QED) is 0.520. The predicted molar refractivity (Wildman–Crippen MR) is 111 cm³/mol. The molecule has 0 bridgehead atoms. The topological polar surface area (TPSA) is 60.2 Å². The van der Waals surface area contributed by atoms with Crippen LogP contribution in [0.3, 0.4) is 0 Å². The molecule has 1 aliphatic carbocycles. The average Bonchev–Trinajstić information content (AvgIpc) is 3.14. The highest BCUT2D eigenvalue weighted by Crippen LogP contribution is 2.40. The van der Waals surface area contributed by atoms with E-state index < -0.39 is 9.84 Å². The molecule has 0 aliphatic heterocycles. The lowest BCUT2D eigenvalue weighted by atomic mass is 10.0. The summed E-state index contributed by atoms with van der Waals surface area (Å²) in [7, 11) is -3.75. The summed E-state index contributed by atoms with van der Waals surface area (Å²) in [5.41, 5.74) is 1.79. The van der Waals surface area contributed by atoms with E-state index in [1.807, 2.05) is 37.3 Å². The van der Waals surface area contributed by atoms with Crippen LogP contribution >= 0.6 is 11.8 Å². The van der Waals surface area contributed by atoms with E-state index in [9.17, 15) is 8.42 Å². The number of aryl methyl sites for hydroxylation is 1. The zero-order chi connectivity index (χ0) is 19.6. The van der Waals surface area contributed by atoms with Crippen molar-refractivity contribution >= 4 is 21.6 Å². The van der Waals surface area contributed by atoms with Crippen LogP contribution < -0.4 is 0 Å². The summed E-state index contributed by atoms with van der Waals surface area (Å²) in [4.78, 5) is 4.69. The van der Waals surface area contributed by atoms with Crippen molar-refractivity contribution in [2.45, 2.75) is 59.3 Å². The summed E-state index contributed by atoms with van der Waals surface area (Å²) < 4.78 is 32.6. The van der Waals surface area contributed by atoms with Crippen molar-refractivity contribution in [3.05, 3.63) is 60.2 Å². The number of benzene rings is 2. The minimum absolute atomic E-state index is 0.0331. The number of hydrogen-bond acceptors (Lipinski definition) is 5. The Morgan fingerprint density at radius 3 is 2.32 bits per heavy atom. The van der Waals surface area contributed by atoms with Crippen molar-refractivity contribution in [1.29, 1.82) is 0 Å². The minimum atomic E-state index is -3.75. The summed E-state index contributed by atoms with van der Waals surface area (Å²) in [6.07, 6.45) is 5.76. The smallest absolute Gasteiger partial charge is 0.228 e. The van der Waals surface area contributed by atoms with E-state index in [2.05, 4.69) is 4.98 Å². The van der Waals surface area contributed by atoms with Crippen LogP contribution in [0, 0.1) is 6.92 Å². The summed E-state index contributed by atoms with van der Waals surface area (Å²) >= 11 is 1.52. The highest BCUT2D eigenvalue weighted by atomic mass is 32.2. The Morgan fingerprint density at radius 1 is 0.964 bits per heavy atom. The first-order valence-corrected chi connectivity index (χ1v) is 11.9. The fraction of sp³-hybridized carbons (Fsp3) is 0.318. The Hall–Kier alpha value is -2.05. The molecule has 1 heterocycles. The second kappa shape index (κ2) is 8.13. The highest BCUT2D eigenvalue weighted by Gasteiger charge is 2.30. The van der Waals surface area contributed by atoms with Crippen molar-refractivity contribution in [2.24, 2.45) is 0 Å². The molecule has 28 heavy (non-hydrogen) atoms. The Bertz CT molecular complexity index is 1040. The molecule has 1 saturated carbocycles. The molecule has 0 N–H and O–H groups in total. The van der Waals surface area contributed by atoms with Gasteiger partial charge in [-0.25, -0.2) is 8.42 Å². The van der Waals surface area contributed by atoms with E-state index in [0.717, 1.165) is 24.0 Å². The van der Waals surface area contributed by atoms with Gasteiger partial charge in [-0.15, -0.1) is 0 Å². The van der Waals surface area contributed by atoms with Crippen molar-refractivity contribution in [1.82, 2.24) is 4.98 Å². The third kappa shape index (κ3) is 4.03. The van der Waals surface area contributed by atoms with Crippen LogP contribution in [-0.2, 0) is 9.84 Å². The van der Waals surface area contributed by atoms with Crippen LogP contribution in [0.1, 0.15) is 37.7 Å². The summed E-state index contributed by atoms with van der Waals surface area (Å²) in [6.45, 7) is 1.93. The molecule has 4 nitrogen and oxygen atoms in total. The fourth-order valence-corrected chi connectivity index (χ4v) is 6.20. The molecular weight excluding hydrogens is 390 g/mol. The van der Waals surface area contributed by atoms with Gasteiger partial charge < -0.3 is 4.42 Å². The molecule has 0 amide bonds. The standard InChI is InChI=1S/C22H23NO3S2/c1-16-12-14-19(15-13-16)28(24,25)21-22(27-18-10-6-3-7-11-18)26-20(23-21)17-8-4-2-5-9-17/h2,4-5,8-9,12-15,18H,3,6-7,10-11H2,1H3. The van der Waals surface area contributed by atoms with Gasteiger partial charge in [-0.2, -0.15) is 4.98 Å². The number of thioether (sulfide) groups is 1. The molecule has 4 rings (SSSR count). The largest absolute Gasteiger partial charge is 0.428 e. The van der Waals surface area contributed by atoms with Crippen LogP contribution in [0.25, 0.3) is 11.5 Å². The number of rotatable bonds is 5. The van der Waals surface area contributed by atoms with Gasteiger partial charge in [0.2, 0.25) is 25.8 Å². The zero-order valence-electron chi connectivity index (χ0n) is 15.8. The van der Waals surface area contributed by atoms with Crippen LogP contribution in [0.4, 0.5) is 0 Å². The molecular formula is C22H23NO3S2. The molecule has 6 heteroatoms. The van der Waals surface area contributed by atoms with Gasteiger partial charge in [0.25, 0.3) is 0 Å². The number of oxazole rings is 1. The van der Waals surface area contributed by atoms with Crippen LogP contribution in [0.15, 0.2) is 74.0 Å². The van der Waals surface area contributed by atoms with E-state index in [1.54, 1.807) is 24.3 Å². The SMILES string of the molecule is Cc1ccc(S(=O)(=O)c2nc(-c3ccccc3)oc2SC2CCCCC2)cc1. The molecule has 0 atom stereocenters. The monoisotopic (exact) mass is 413 g/mol. The number of aromatic nitrogens is 1. The van der Waals surface area contributed by atoms with Crippen LogP contribution in [0.2, 0.25) is 0 Å². The first kappa shape index (κ1) is 19.3. The molecule has 2 aromatic carbocycles. The van der Waals surface area contributed by atoms with Gasteiger partial charge in [0.1, 0.15) is 0 Å². The van der Waals surface area contributed by atoms with Crippen molar-refractivity contribution in [3.63, 3.8) is 0 Å². The lowest BCUT2D eigenvalue weighted by molar-refractivity contribution is 0.462. The molecule has 0 spiro atoms. The fourth-order valence-electron chi connectivity index (χ4n) is 3.40. The Morgan fingerprint density at radius 2 is 1.64 bits per heavy atom. The molecule has 1 aromatic heterocycles. The second-order valence-corrected chi connectivity index (χ2v) is 10.3. The first-order valence-electron chi connectivity index (χ1n) is 9.59. The number of hydrogen-bond donors (Lipinski definition) is 0. The molecule has 0 saturated heterocycles. The van der Waals surface area contributed by atoms with Gasteiger partial charge in [0, 0.05) is 10.8 Å². The second-order valence-electron chi connectivity index (χ2n) is 7.17. The third-order valence-electron chi connectivity index (χ3n) is 5.00. The normalized spacial score (nSPS) is 15.6. The maximum absolute atomic E-state index is 13.3. The zero-order valence-corrected chi connectivity index (χ0v) is 17.4. The summed E-state index contributed by atoms with van der Waals surface area (Å²) in [5, 5.41) is 0.814. The van der Waals surface area contributed by atoms with E-state index in [1.165, 1.54) is 31.0 Å². The third-order valence-corrected chi connectivity index (χ3v) is 8.10. The minimum Gasteiger partial charge on any atom is -0.428 e. The number of nitrogens with zero attached hydrogens (tertiary/aromatic N) is 1. The van der Waals surface area contributed by atoms with Gasteiger partial charge in [-0.1, -0.05) is 66.9 Å². The predicted octanol–water partition coefficient (Wildman–Crippen LogP) is 5.91. The van der Waals surface area contributed by atoms with Crippen molar-refractivity contribution in [3.8, 4) is 11.5 Å². The molecule has 146 valence electrons. The Balaban J connectivity index is 1.77. The number of sulfone groups is 1. The van der Waals surface area contributed by atoms with Crippen LogP contribution in [0.5, 0.6) is 0 Å².